The standard InChI is InChI=1S/C42H46N2O6/c45-28-37(25-33-20-22-39(23-21-33)49-29-34-16-8-3-9-17-34)43-40(46)27-35-18-10-11-19-36(24-31-12-4-1-5-13-31)42(48)50-30-38(44-41(35)47)26-32-14-6-2-7-15-32/h1-17,20-23,35-38,45H,18-19,24-30H2,(H,43,46)(H,44,47)/t35-,36-,37+,38-/m1/s1. The topological polar surface area (TPSA) is 114 Å². The third kappa shape index (κ3) is 11.7. The zero-order valence-corrected chi connectivity index (χ0v) is 28.3. The molecule has 0 radical (unpaired) electrons. The molecule has 0 unspecified atom stereocenters. The molecule has 0 spiro atoms. The fourth-order valence-electron chi connectivity index (χ4n) is 6.05. The number of benzene rings is 4. The van der Waals surface area contributed by atoms with Gasteiger partial charge in [0.2, 0.25) is 11.8 Å². The first kappa shape index (κ1) is 36.1. The summed E-state index contributed by atoms with van der Waals surface area (Å²) in [6.45, 7) is 0.240. The number of hydrogen-bond acceptors (Lipinski definition) is 6. The maximum atomic E-state index is 13.6. The summed E-state index contributed by atoms with van der Waals surface area (Å²) in [4.78, 5) is 40.2. The highest BCUT2D eigenvalue weighted by Crippen LogP contribution is 2.20. The zero-order chi connectivity index (χ0) is 35.0. The summed E-state index contributed by atoms with van der Waals surface area (Å²) in [7, 11) is 0. The van der Waals surface area contributed by atoms with Gasteiger partial charge in [-0.05, 0) is 66.5 Å². The highest BCUT2D eigenvalue weighted by Gasteiger charge is 2.27. The molecule has 4 atom stereocenters. The number of aliphatic hydroxyl groups is 1. The van der Waals surface area contributed by atoms with Crippen LogP contribution in [0.4, 0.5) is 0 Å². The number of carbonyl (C=O) groups is 3. The van der Waals surface area contributed by atoms with Crippen LogP contribution in [-0.2, 0) is 45.0 Å². The molecule has 4 aromatic carbocycles. The minimum absolute atomic E-state index is 0.0239. The van der Waals surface area contributed by atoms with E-state index in [2.05, 4.69) is 10.6 Å². The van der Waals surface area contributed by atoms with Crippen LogP contribution in [0.1, 0.15) is 41.5 Å². The first-order valence-corrected chi connectivity index (χ1v) is 17.3. The maximum Gasteiger partial charge on any atom is 0.309 e. The minimum atomic E-state index is -0.646. The number of esters is 1. The number of amides is 2. The van der Waals surface area contributed by atoms with Crippen LogP contribution in [0.5, 0.6) is 5.75 Å². The predicted molar refractivity (Wildman–Crippen MR) is 193 cm³/mol. The van der Waals surface area contributed by atoms with Gasteiger partial charge in [0.05, 0.1) is 30.5 Å². The van der Waals surface area contributed by atoms with E-state index in [1.54, 1.807) is 0 Å². The molecular formula is C42H46N2O6. The Balaban J connectivity index is 1.22. The minimum Gasteiger partial charge on any atom is -0.489 e. The second-order valence-electron chi connectivity index (χ2n) is 12.8. The third-order valence-corrected chi connectivity index (χ3v) is 8.81. The lowest BCUT2D eigenvalue weighted by atomic mass is 9.94. The van der Waals surface area contributed by atoms with Gasteiger partial charge < -0.3 is 25.2 Å². The van der Waals surface area contributed by atoms with E-state index in [9.17, 15) is 19.5 Å². The van der Waals surface area contributed by atoms with Crippen molar-refractivity contribution in [1.82, 2.24) is 10.6 Å². The van der Waals surface area contributed by atoms with E-state index in [1.807, 2.05) is 127 Å². The molecule has 0 saturated carbocycles. The van der Waals surface area contributed by atoms with Crippen molar-refractivity contribution in [2.45, 2.75) is 57.2 Å². The Bertz CT molecular complexity index is 1660. The molecule has 0 fully saturated rings. The van der Waals surface area contributed by atoms with Gasteiger partial charge in [0, 0.05) is 6.42 Å². The van der Waals surface area contributed by atoms with Gasteiger partial charge in [0.1, 0.15) is 19.0 Å². The molecular weight excluding hydrogens is 628 g/mol. The van der Waals surface area contributed by atoms with Gasteiger partial charge in [0.25, 0.3) is 0 Å². The summed E-state index contributed by atoms with van der Waals surface area (Å²) in [6, 6.07) is 36.1. The van der Waals surface area contributed by atoms with E-state index in [-0.39, 0.29) is 43.3 Å². The van der Waals surface area contributed by atoms with E-state index in [0.29, 0.717) is 38.7 Å². The summed E-state index contributed by atoms with van der Waals surface area (Å²) in [5.74, 6) is -1.19. The summed E-state index contributed by atoms with van der Waals surface area (Å²) in [5, 5.41) is 16.1. The van der Waals surface area contributed by atoms with Crippen molar-refractivity contribution in [2.24, 2.45) is 11.8 Å². The predicted octanol–water partition coefficient (Wildman–Crippen LogP) is 5.77. The van der Waals surface area contributed by atoms with E-state index >= 15 is 0 Å². The number of nitrogens with one attached hydrogen (secondary N) is 2. The molecule has 0 aliphatic carbocycles. The lowest BCUT2D eigenvalue weighted by molar-refractivity contribution is -0.150. The number of aliphatic hydroxyl groups excluding tert-OH is 1. The van der Waals surface area contributed by atoms with Crippen molar-refractivity contribution in [3.63, 3.8) is 0 Å². The van der Waals surface area contributed by atoms with Crippen LogP contribution in [0.15, 0.2) is 127 Å². The van der Waals surface area contributed by atoms with Gasteiger partial charge in [-0.3, -0.25) is 14.4 Å². The summed E-state index contributed by atoms with van der Waals surface area (Å²) in [5.41, 5.74) is 4.06. The normalized spacial score (nSPS) is 18.9. The van der Waals surface area contributed by atoms with Crippen molar-refractivity contribution >= 4 is 17.8 Å². The van der Waals surface area contributed by atoms with E-state index in [4.69, 9.17) is 9.47 Å². The maximum absolute atomic E-state index is 13.6. The molecule has 1 aliphatic heterocycles. The monoisotopic (exact) mass is 674 g/mol. The van der Waals surface area contributed by atoms with Crippen molar-refractivity contribution in [3.8, 4) is 5.75 Å². The smallest absolute Gasteiger partial charge is 0.309 e. The number of carbonyl (C=O) groups excluding carboxylic acids is 3. The van der Waals surface area contributed by atoms with Crippen molar-refractivity contribution in [2.75, 3.05) is 13.2 Å². The third-order valence-electron chi connectivity index (χ3n) is 8.81. The SMILES string of the molecule is O=C(C[C@H]1CC=CC[C@H](Cc2ccccc2)C(=O)OC[C@@H](Cc2ccccc2)NC1=O)N[C@H](CO)Cc1ccc(OCc2ccccc2)cc1. The average molecular weight is 675 g/mol. The van der Waals surface area contributed by atoms with Crippen LogP contribution < -0.4 is 15.4 Å². The molecule has 5 rings (SSSR count). The molecule has 3 N–H and O–H groups in total. The second-order valence-corrected chi connectivity index (χ2v) is 12.8. The Morgan fingerprint density at radius 1 is 0.760 bits per heavy atom. The van der Waals surface area contributed by atoms with Gasteiger partial charge in [-0.2, -0.15) is 0 Å². The Morgan fingerprint density at radius 2 is 1.34 bits per heavy atom. The quantitative estimate of drug-likeness (QED) is 0.123. The fourth-order valence-corrected chi connectivity index (χ4v) is 6.05. The Kier molecular flexibility index (Phi) is 13.8. The van der Waals surface area contributed by atoms with Crippen LogP contribution in [-0.4, -0.2) is 48.2 Å². The molecule has 8 heteroatoms. The molecule has 4 aromatic rings. The number of ether oxygens (including phenoxy) is 2. The van der Waals surface area contributed by atoms with E-state index in [0.717, 1.165) is 28.0 Å². The van der Waals surface area contributed by atoms with Gasteiger partial charge >= 0.3 is 5.97 Å². The highest BCUT2D eigenvalue weighted by atomic mass is 16.5. The van der Waals surface area contributed by atoms with Gasteiger partial charge in [0.15, 0.2) is 0 Å². The Labute approximate surface area is 294 Å². The average Bonchev–Trinajstić information content (AvgIpc) is 3.14. The molecule has 0 aromatic heterocycles. The first-order chi connectivity index (χ1) is 24.4. The largest absolute Gasteiger partial charge is 0.489 e. The van der Waals surface area contributed by atoms with Gasteiger partial charge in [-0.15, -0.1) is 0 Å². The fraction of sp³-hybridized carbons (Fsp3) is 0.310. The van der Waals surface area contributed by atoms with E-state index in [1.165, 1.54) is 0 Å². The Morgan fingerprint density at radius 3 is 1.96 bits per heavy atom. The molecule has 0 bridgehead atoms. The summed E-state index contributed by atoms with van der Waals surface area (Å²) >= 11 is 0. The van der Waals surface area contributed by atoms with Crippen LogP contribution in [0.3, 0.4) is 0 Å². The van der Waals surface area contributed by atoms with Gasteiger partial charge in [-0.1, -0.05) is 115 Å². The molecule has 2 amide bonds. The molecule has 260 valence electrons. The number of allylic oxidation sites excluding steroid dienone is 2. The molecule has 8 nitrogen and oxygen atoms in total. The molecule has 1 heterocycles. The number of hydrogen-bond donors (Lipinski definition) is 3. The van der Waals surface area contributed by atoms with Crippen LogP contribution >= 0.6 is 0 Å². The van der Waals surface area contributed by atoms with Crippen molar-refractivity contribution in [1.29, 1.82) is 0 Å². The highest BCUT2D eigenvalue weighted by molar-refractivity contribution is 5.86. The van der Waals surface area contributed by atoms with Crippen molar-refractivity contribution in [3.05, 3.63) is 150 Å². The number of cyclic esters (lactones) is 1. The lowest BCUT2D eigenvalue weighted by Gasteiger charge is -2.25. The molecule has 0 saturated heterocycles. The molecule has 50 heavy (non-hydrogen) atoms. The van der Waals surface area contributed by atoms with Crippen LogP contribution in [0.2, 0.25) is 0 Å². The van der Waals surface area contributed by atoms with Crippen molar-refractivity contribution < 1.29 is 29.0 Å². The lowest BCUT2D eigenvalue weighted by Crippen LogP contribution is -2.46. The number of rotatable bonds is 13. The van der Waals surface area contributed by atoms with Gasteiger partial charge in [-0.25, -0.2) is 0 Å². The summed E-state index contributed by atoms with van der Waals surface area (Å²) in [6.07, 6.45) is 5.95. The van der Waals surface area contributed by atoms with E-state index < -0.39 is 18.0 Å². The van der Waals surface area contributed by atoms with Crippen LogP contribution in [0.25, 0.3) is 0 Å². The van der Waals surface area contributed by atoms with Crippen LogP contribution in [0, 0.1) is 11.8 Å². The summed E-state index contributed by atoms with van der Waals surface area (Å²) < 4.78 is 11.7. The Hall–Kier alpha value is -5.21. The zero-order valence-electron chi connectivity index (χ0n) is 28.3. The second kappa shape index (κ2) is 19.1. The molecule has 1 aliphatic rings. The first-order valence-electron chi connectivity index (χ1n) is 17.3.